The van der Waals surface area contributed by atoms with E-state index in [-0.39, 0.29) is 17.8 Å². The molecule has 1 aliphatic rings. The lowest BCUT2D eigenvalue weighted by atomic mass is 10.1. The van der Waals surface area contributed by atoms with Crippen LogP contribution in [0, 0.1) is 0 Å². The Morgan fingerprint density at radius 3 is 2.54 bits per heavy atom. The van der Waals surface area contributed by atoms with Gasteiger partial charge in [-0.25, -0.2) is 13.4 Å². The number of rotatable bonds is 6. The Morgan fingerprint density at radius 1 is 1.21 bits per heavy atom. The van der Waals surface area contributed by atoms with Crippen molar-refractivity contribution in [1.82, 2.24) is 14.9 Å². The Bertz CT molecular complexity index is 895. The molecular weight excluding hydrogens is 380 g/mol. The van der Waals surface area contributed by atoms with Crippen LogP contribution in [0.25, 0.3) is 0 Å². The Labute approximate surface area is 165 Å². The van der Waals surface area contributed by atoms with E-state index < -0.39 is 10.0 Å². The van der Waals surface area contributed by atoms with Crippen molar-refractivity contribution in [3.05, 3.63) is 48.4 Å². The number of carbonyl (C=O) groups excluding carboxylic acids is 1. The van der Waals surface area contributed by atoms with Gasteiger partial charge in [-0.2, -0.15) is 0 Å². The van der Waals surface area contributed by atoms with E-state index >= 15 is 0 Å². The highest BCUT2D eigenvalue weighted by molar-refractivity contribution is 7.92. The van der Waals surface area contributed by atoms with Crippen molar-refractivity contribution >= 4 is 21.6 Å². The Hall–Kier alpha value is -2.68. The van der Waals surface area contributed by atoms with Crippen molar-refractivity contribution in [1.29, 1.82) is 0 Å². The number of likely N-dealkylation sites (tertiary alicyclic amines) is 1. The number of aromatic nitrogens is 2. The van der Waals surface area contributed by atoms with Crippen molar-refractivity contribution in [2.24, 2.45) is 0 Å². The maximum Gasteiger partial charge on any atom is 0.272 e. The molecule has 8 nitrogen and oxygen atoms in total. The third-order valence-electron chi connectivity index (χ3n) is 4.77. The number of amides is 1. The van der Waals surface area contributed by atoms with Gasteiger partial charge in [-0.1, -0.05) is 6.07 Å². The fraction of sp³-hybridized carbons (Fsp3) is 0.421. The third-order valence-corrected chi connectivity index (χ3v) is 6.54. The van der Waals surface area contributed by atoms with Gasteiger partial charge in [0.1, 0.15) is 11.8 Å². The van der Waals surface area contributed by atoms with E-state index in [0.717, 1.165) is 0 Å². The summed E-state index contributed by atoms with van der Waals surface area (Å²) in [6, 6.07) is 8.64. The van der Waals surface area contributed by atoms with Gasteiger partial charge in [0, 0.05) is 45.2 Å². The van der Waals surface area contributed by atoms with Gasteiger partial charge in [-0.3, -0.25) is 14.1 Å². The van der Waals surface area contributed by atoms with Crippen molar-refractivity contribution < 1.29 is 17.9 Å². The van der Waals surface area contributed by atoms with E-state index in [9.17, 15) is 13.2 Å². The average Bonchev–Trinajstić information content (AvgIpc) is 2.74. The summed E-state index contributed by atoms with van der Waals surface area (Å²) >= 11 is 0. The minimum absolute atomic E-state index is 0.0253. The molecule has 3 heterocycles. The first-order valence-electron chi connectivity index (χ1n) is 9.20. The number of ether oxygens (including phenoxy) is 1. The monoisotopic (exact) mass is 404 g/mol. The minimum atomic E-state index is -3.32. The van der Waals surface area contributed by atoms with Crippen molar-refractivity contribution in [3.63, 3.8) is 0 Å². The number of anilines is 1. The largest absolute Gasteiger partial charge is 0.474 e. The molecule has 0 saturated carbocycles. The van der Waals surface area contributed by atoms with Gasteiger partial charge in [0.25, 0.3) is 5.91 Å². The molecule has 1 amide bonds. The summed E-state index contributed by atoms with van der Waals surface area (Å²) in [6.45, 7) is 2.78. The quantitative estimate of drug-likeness (QED) is 0.731. The predicted octanol–water partition coefficient (Wildman–Crippen LogP) is 1.95. The van der Waals surface area contributed by atoms with Crippen LogP contribution < -0.4 is 9.04 Å². The van der Waals surface area contributed by atoms with Gasteiger partial charge >= 0.3 is 0 Å². The van der Waals surface area contributed by atoms with E-state index in [0.29, 0.717) is 43.2 Å². The van der Waals surface area contributed by atoms with Gasteiger partial charge in [-0.15, -0.1) is 0 Å². The van der Waals surface area contributed by atoms with E-state index in [1.54, 1.807) is 48.4 Å². The minimum Gasteiger partial charge on any atom is -0.474 e. The molecule has 1 fully saturated rings. The predicted molar refractivity (Wildman–Crippen MR) is 106 cm³/mol. The topological polar surface area (TPSA) is 92.7 Å². The molecule has 0 radical (unpaired) electrons. The first-order valence-corrected chi connectivity index (χ1v) is 10.8. The second-order valence-corrected chi connectivity index (χ2v) is 8.84. The lowest BCUT2D eigenvalue weighted by Gasteiger charge is -2.31. The van der Waals surface area contributed by atoms with Crippen LogP contribution in [-0.2, 0) is 10.0 Å². The summed E-state index contributed by atoms with van der Waals surface area (Å²) in [5.74, 6) is 0.402. The standard InChI is InChI=1S/C19H24N4O4S/c1-3-28(25,26)22(2)15-7-8-18(21-14-15)27-16-9-12-23(13-10-16)19(24)17-6-4-5-11-20-17/h4-8,11,14,16H,3,9-10,12-13H2,1-2H3. The molecule has 2 aromatic heterocycles. The van der Waals surface area contributed by atoms with Crippen molar-refractivity contribution in [2.75, 3.05) is 30.2 Å². The number of sulfonamides is 1. The fourth-order valence-corrected chi connectivity index (χ4v) is 3.80. The van der Waals surface area contributed by atoms with Crippen LogP contribution >= 0.6 is 0 Å². The molecule has 0 unspecified atom stereocenters. The van der Waals surface area contributed by atoms with Gasteiger partial charge in [0.15, 0.2) is 0 Å². The second kappa shape index (κ2) is 8.55. The molecule has 0 aliphatic carbocycles. The van der Waals surface area contributed by atoms with E-state index in [4.69, 9.17) is 4.74 Å². The Morgan fingerprint density at radius 2 is 1.96 bits per heavy atom. The summed E-state index contributed by atoms with van der Waals surface area (Å²) < 4.78 is 31.0. The number of hydrogen-bond acceptors (Lipinski definition) is 6. The first kappa shape index (κ1) is 20.1. The lowest BCUT2D eigenvalue weighted by molar-refractivity contribution is 0.0582. The molecule has 0 spiro atoms. The van der Waals surface area contributed by atoms with E-state index in [1.165, 1.54) is 17.5 Å². The molecule has 1 saturated heterocycles. The summed E-state index contributed by atoms with van der Waals surface area (Å²) in [7, 11) is -1.81. The average molecular weight is 404 g/mol. The molecule has 0 bridgehead atoms. The summed E-state index contributed by atoms with van der Waals surface area (Å²) in [6.07, 6.45) is 4.46. The van der Waals surface area contributed by atoms with Gasteiger partial charge < -0.3 is 9.64 Å². The van der Waals surface area contributed by atoms with Crippen LogP contribution in [-0.4, -0.2) is 61.2 Å². The molecule has 28 heavy (non-hydrogen) atoms. The zero-order valence-electron chi connectivity index (χ0n) is 16.0. The molecule has 150 valence electrons. The van der Waals surface area contributed by atoms with Crippen LogP contribution in [0.2, 0.25) is 0 Å². The molecule has 1 aliphatic heterocycles. The highest BCUT2D eigenvalue weighted by Gasteiger charge is 2.25. The molecule has 0 N–H and O–H groups in total. The van der Waals surface area contributed by atoms with Gasteiger partial charge in [0.2, 0.25) is 15.9 Å². The van der Waals surface area contributed by atoms with Crippen LogP contribution in [0.1, 0.15) is 30.3 Å². The maximum atomic E-state index is 12.4. The molecule has 9 heteroatoms. The summed E-state index contributed by atoms with van der Waals surface area (Å²) in [5, 5.41) is 0. The number of nitrogens with zero attached hydrogens (tertiary/aromatic N) is 4. The van der Waals surface area contributed by atoms with Crippen LogP contribution in [0.5, 0.6) is 5.88 Å². The van der Waals surface area contributed by atoms with Gasteiger partial charge in [-0.05, 0) is 25.1 Å². The second-order valence-electron chi connectivity index (χ2n) is 6.55. The Balaban J connectivity index is 1.54. The molecule has 0 atom stereocenters. The highest BCUT2D eigenvalue weighted by Crippen LogP contribution is 2.22. The zero-order chi connectivity index (χ0) is 20.1. The van der Waals surface area contributed by atoms with E-state index in [1.807, 2.05) is 0 Å². The smallest absolute Gasteiger partial charge is 0.272 e. The van der Waals surface area contributed by atoms with Crippen molar-refractivity contribution in [3.8, 4) is 5.88 Å². The Kier molecular flexibility index (Phi) is 6.13. The van der Waals surface area contributed by atoms with Crippen molar-refractivity contribution in [2.45, 2.75) is 25.9 Å². The highest BCUT2D eigenvalue weighted by atomic mass is 32.2. The maximum absolute atomic E-state index is 12.4. The SMILES string of the molecule is CCS(=O)(=O)N(C)c1ccc(OC2CCN(C(=O)c3ccccn3)CC2)nc1. The normalized spacial score (nSPS) is 15.3. The molecular formula is C19H24N4O4S. The number of piperidine rings is 1. The number of pyridine rings is 2. The lowest BCUT2D eigenvalue weighted by Crippen LogP contribution is -2.42. The van der Waals surface area contributed by atoms with E-state index in [2.05, 4.69) is 9.97 Å². The third kappa shape index (κ3) is 4.59. The van der Waals surface area contributed by atoms with Crippen LogP contribution in [0.4, 0.5) is 5.69 Å². The molecule has 0 aromatic carbocycles. The zero-order valence-corrected chi connectivity index (χ0v) is 16.8. The summed E-state index contributed by atoms with van der Waals surface area (Å²) in [4.78, 5) is 22.5. The number of carbonyl (C=O) groups is 1. The first-order chi connectivity index (χ1) is 13.4. The molecule has 2 aromatic rings. The van der Waals surface area contributed by atoms with Crippen LogP contribution in [0.15, 0.2) is 42.7 Å². The van der Waals surface area contributed by atoms with Crippen LogP contribution in [0.3, 0.4) is 0 Å². The fourth-order valence-electron chi connectivity index (χ4n) is 2.98. The summed E-state index contributed by atoms with van der Waals surface area (Å²) in [5.41, 5.74) is 0.940. The molecule has 3 rings (SSSR count). The van der Waals surface area contributed by atoms with Gasteiger partial charge in [0.05, 0.1) is 17.6 Å². The number of hydrogen-bond donors (Lipinski definition) is 0.